The van der Waals surface area contributed by atoms with E-state index >= 15 is 0 Å². The average molecular weight is 225 g/mol. The molecule has 2 rings (SSSR count). The van der Waals surface area contributed by atoms with Gasteiger partial charge in [-0.05, 0) is 18.2 Å². The summed E-state index contributed by atoms with van der Waals surface area (Å²) in [6.07, 6.45) is 0.530. The number of anilines is 2. The Morgan fingerprint density at radius 1 is 1.20 bits per heavy atom. The zero-order valence-electron chi connectivity index (χ0n) is 7.87. The Hall–Kier alpha value is -1.55. The molecule has 4 nitrogen and oxygen atoms in total. The molecule has 0 atom stereocenters. The van der Waals surface area contributed by atoms with Crippen LogP contribution in [0.2, 0.25) is 5.02 Å². The highest BCUT2D eigenvalue weighted by atomic mass is 35.5. The van der Waals surface area contributed by atoms with Gasteiger partial charge in [-0.1, -0.05) is 11.6 Å². The molecule has 0 aromatic heterocycles. The van der Waals surface area contributed by atoms with E-state index in [1.54, 1.807) is 12.1 Å². The smallest absolute Gasteiger partial charge is 0.234 e. The Kier molecular flexibility index (Phi) is 2.36. The lowest BCUT2D eigenvalue weighted by Crippen LogP contribution is -2.28. The topological polar surface area (TPSA) is 63.4 Å². The maximum absolute atomic E-state index is 11.4. The Bertz CT molecular complexity index is 429. The van der Waals surface area contributed by atoms with Gasteiger partial charge in [0.2, 0.25) is 11.8 Å². The molecule has 0 aliphatic carbocycles. The average Bonchev–Trinajstić information content (AvgIpc) is 2.52. The minimum absolute atomic E-state index is 0.193. The summed E-state index contributed by atoms with van der Waals surface area (Å²) in [7, 11) is 0. The van der Waals surface area contributed by atoms with E-state index in [-0.39, 0.29) is 24.7 Å². The number of nitrogen functional groups attached to an aromatic ring is 1. The van der Waals surface area contributed by atoms with Crippen molar-refractivity contribution in [3.05, 3.63) is 23.2 Å². The van der Waals surface area contributed by atoms with Gasteiger partial charge >= 0.3 is 0 Å². The number of hydrogen-bond acceptors (Lipinski definition) is 3. The molecule has 0 unspecified atom stereocenters. The van der Waals surface area contributed by atoms with Gasteiger partial charge in [0, 0.05) is 12.8 Å². The number of nitrogens with two attached hydrogens (primary N) is 1. The quantitative estimate of drug-likeness (QED) is 0.582. The van der Waals surface area contributed by atoms with Crippen LogP contribution in [-0.4, -0.2) is 11.8 Å². The van der Waals surface area contributed by atoms with Crippen molar-refractivity contribution in [1.29, 1.82) is 0 Å². The molecule has 2 N–H and O–H groups in total. The minimum Gasteiger partial charge on any atom is -0.397 e. The first-order valence-corrected chi connectivity index (χ1v) is 4.88. The lowest BCUT2D eigenvalue weighted by Gasteiger charge is -2.14. The highest BCUT2D eigenvalue weighted by Crippen LogP contribution is 2.28. The van der Waals surface area contributed by atoms with Crippen LogP contribution in [0.15, 0.2) is 18.2 Å². The summed E-state index contributed by atoms with van der Waals surface area (Å²) in [5, 5.41) is 0.415. The Labute approximate surface area is 91.6 Å². The van der Waals surface area contributed by atoms with Gasteiger partial charge in [0.05, 0.1) is 16.4 Å². The van der Waals surface area contributed by atoms with E-state index in [1.165, 1.54) is 6.07 Å². The third-order valence-electron chi connectivity index (χ3n) is 2.29. The highest BCUT2D eigenvalue weighted by Gasteiger charge is 2.30. The van der Waals surface area contributed by atoms with E-state index in [9.17, 15) is 9.59 Å². The molecule has 5 heteroatoms. The molecular formula is C10H9ClN2O2. The van der Waals surface area contributed by atoms with E-state index in [0.29, 0.717) is 16.4 Å². The van der Waals surface area contributed by atoms with Gasteiger partial charge < -0.3 is 5.73 Å². The molecular weight excluding hydrogens is 216 g/mol. The van der Waals surface area contributed by atoms with Gasteiger partial charge in [0.1, 0.15) is 0 Å². The molecule has 1 heterocycles. The highest BCUT2D eigenvalue weighted by molar-refractivity contribution is 6.33. The number of nitrogens with zero attached hydrogens (tertiary/aromatic N) is 1. The summed E-state index contributed by atoms with van der Waals surface area (Å²) in [5.41, 5.74) is 6.45. The van der Waals surface area contributed by atoms with Crippen molar-refractivity contribution in [1.82, 2.24) is 0 Å². The van der Waals surface area contributed by atoms with Crippen molar-refractivity contribution >= 4 is 34.8 Å². The summed E-state index contributed by atoms with van der Waals surface area (Å²) in [5.74, 6) is -0.386. The van der Waals surface area contributed by atoms with E-state index in [0.717, 1.165) is 4.90 Å². The van der Waals surface area contributed by atoms with Gasteiger partial charge in [-0.2, -0.15) is 0 Å². The second-order valence-electron chi connectivity index (χ2n) is 3.33. The summed E-state index contributed by atoms with van der Waals surface area (Å²) in [6, 6.07) is 4.72. The number of hydrogen-bond donors (Lipinski definition) is 1. The molecule has 1 saturated heterocycles. The molecule has 1 fully saturated rings. The third kappa shape index (κ3) is 1.68. The first-order chi connectivity index (χ1) is 7.09. The monoisotopic (exact) mass is 224 g/mol. The maximum Gasteiger partial charge on any atom is 0.234 e. The van der Waals surface area contributed by atoms with Gasteiger partial charge in [-0.25, -0.2) is 0 Å². The summed E-state index contributed by atoms with van der Waals surface area (Å²) >= 11 is 5.75. The first-order valence-electron chi connectivity index (χ1n) is 4.50. The lowest BCUT2D eigenvalue weighted by molar-refractivity contribution is -0.121. The number of carbonyl (C=O) groups is 2. The molecule has 1 aromatic carbocycles. The predicted octanol–water partition coefficient (Wildman–Crippen LogP) is 1.58. The van der Waals surface area contributed by atoms with Crippen LogP contribution < -0.4 is 10.6 Å². The van der Waals surface area contributed by atoms with Crippen LogP contribution in [0.4, 0.5) is 11.4 Å². The van der Waals surface area contributed by atoms with E-state index < -0.39 is 0 Å². The van der Waals surface area contributed by atoms with Crippen molar-refractivity contribution in [2.45, 2.75) is 12.8 Å². The van der Waals surface area contributed by atoms with E-state index in [4.69, 9.17) is 17.3 Å². The van der Waals surface area contributed by atoms with Crippen LogP contribution in [0.1, 0.15) is 12.8 Å². The Morgan fingerprint density at radius 3 is 2.33 bits per heavy atom. The largest absolute Gasteiger partial charge is 0.397 e. The SMILES string of the molecule is Nc1cc(N2C(=O)CCC2=O)ccc1Cl. The minimum atomic E-state index is -0.193. The fourth-order valence-corrected chi connectivity index (χ4v) is 1.65. The first kappa shape index (κ1) is 9.98. The molecule has 15 heavy (non-hydrogen) atoms. The Morgan fingerprint density at radius 2 is 1.80 bits per heavy atom. The van der Waals surface area contributed by atoms with E-state index in [1.807, 2.05) is 0 Å². The van der Waals surface area contributed by atoms with Gasteiger partial charge in [0.15, 0.2) is 0 Å². The number of benzene rings is 1. The molecule has 0 radical (unpaired) electrons. The van der Waals surface area contributed by atoms with Crippen molar-refractivity contribution in [2.75, 3.05) is 10.6 Å². The summed E-state index contributed by atoms with van der Waals surface area (Å²) < 4.78 is 0. The number of amides is 2. The van der Waals surface area contributed by atoms with Gasteiger partial charge in [-0.15, -0.1) is 0 Å². The molecule has 2 amide bonds. The number of halogens is 1. The molecule has 1 aliphatic rings. The van der Waals surface area contributed by atoms with Crippen molar-refractivity contribution in [3.63, 3.8) is 0 Å². The fraction of sp³-hybridized carbons (Fsp3) is 0.200. The van der Waals surface area contributed by atoms with Gasteiger partial charge in [0.25, 0.3) is 0 Å². The number of carbonyl (C=O) groups excluding carboxylic acids is 2. The van der Waals surface area contributed by atoms with Crippen molar-refractivity contribution in [3.8, 4) is 0 Å². The fourth-order valence-electron chi connectivity index (χ4n) is 1.53. The molecule has 0 saturated carbocycles. The van der Waals surface area contributed by atoms with E-state index in [2.05, 4.69) is 0 Å². The normalized spacial score (nSPS) is 16.2. The van der Waals surface area contributed by atoms with Gasteiger partial charge in [-0.3, -0.25) is 14.5 Å². The Balaban J connectivity index is 2.41. The molecule has 78 valence electrons. The van der Waals surface area contributed by atoms with Crippen LogP contribution in [-0.2, 0) is 9.59 Å². The molecule has 1 aliphatic heterocycles. The van der Waals surface area contributed by atoms with Crippen LogP contribution in [0.3, 0.4) is 0 Å². The van der Waals surface area contributed by atoms with Crippen LogP contribution in [0.25, 0.3) is 0 Å². The number of imide groups is 1. The third-order valence-corrected chi connectivity index (χ3v) is 2.63. The second kappa shape index (κ2) is 3.55. The molecule has 0 spiro atoms. The lowest BCUT2D eigenvalue weighted by atomic mass is 10.2. The van der Waals surface area contributed by atoms with Crippen molar-refractivity contribution in [2.24, 2.45) is 0 Å². The molecule has 1 aromatic rings. The number of rotatable bonds is 1. The standard InChI is InChI=1S/C10H9ClN2O2/c11-7-2-1-6(5-8(7)12)13-9(14)3-4-10(13)15/h1-2,5H,3-4,12H2. The summed E-state index contributed by atoms with van der Waals surface area (Å²) in [4.78, 5) is 24.0. The zero-order chi connectivity index (χ0) is 11.0. The predicted molar refractivity (Wildman–Crippen MR) is 57.6 cm³/mol. The van der Waals surface area contributed by atoms with Crippen LogP contribution >= 0.6 is 11.6 Å². The van der Waals surface area contributed by atoms with Crippen LogP contribution in [0, 0.1) is 0 Å². The maximum atomic E-state index is 11.4. The molecule has 0 bridgehead atoms. The van der Waals surface area contributed by atoms with Crippen LogP contribution in [0.5, 0.6) is 0 Å². The van der Waals surface area contributed by atoms with Crippen molar-refractivity contribution < 1.29 is 9.59 Å². The second-order valence-corrected chi connectivity index (χ2v) is 3.74. The summed E-state index contributed by atoms with van der Waals surface area (Å²) in [6.45, 7) is 0. The zero-order valence-corrected chi connectivity index (χ0v) is 8.62.